The van der Waals surface area contributed by atoms with Gasteiger partial charge in [0, 0.05) is 37.5 Å². The number of carbonyl (C=O) groups excluding carboxylic acids is 1. The van der Waals surface area contributed by atoms with Crippen molar-refractivity contribution in [2.45, 2.75) is 32.9 Å². The standard InChI is InChI=1S/C19H23F3N4O/c1-4-8-23-17(18(27)24-9-7-19(20,21)22)16-10-14(6-5-13(16)2)15-11-25-26(3)12-15/h5-6,10-12H,4,7-9H2,1-3H3,(H,24,27). The van der Waals surface area contributed by atoms with E-state index in [0.717, 1.165) is 23.1 Å². The molecule has 0 unspecified atom stereocenters. The Bertz CT molecular complexity index is 825. The van der Waals surface area contributed by atoms with Crippen LogP contribution in [0.5, 0.6) is 0 Å². The summed E-state index contributed by atoms with van der Waals surface area (Å²) in [6.07, 6.45) is -1.11. The topological polar surface area (TPSA) is 59.3 Å². The molecule has 5 nitrogen and oxygen atoms in total. The van der Waals surface area contributed by atoms with E-state index < -0.39 is 25.0 Å². The molecule has 0 radical (unpaired) electrons. The Balaban J connectivity index is 2.31. The van der Waals surface area contributed by atoms with Gasteiger partial charge in [0.1, 0.15) is 5.71 Å². The SMILES string of the molecule is CCCN=C(C(=O)NCCC(F)(F)F)c1cc(-c2cnn(C)c2)ccc1C. The molecular formula is C19H23F3N4O. The van der Waals surface area contributed by atoms with Crippen LogP contribution in [0.15, 0.2) is 35.6 Å². The zero-order valence-electron chi connectivity index (χ0n) is 15.6. The molecule has 0 aliphatic rings. The number of nitrogens with zero attached hydrogens (tertiary/aromatic N) is 3. The Kier molecular flexibility index (Phi) is 6.76. The lowest BCUT2D eigenvalue weighted by Gasteiger charge is -2.13. The third-order valence-electron chi connectivity index (χ3n) is 3.93. The van der Waals surface area contributed by atoms with Crippen LogP contribution >= 0.6 is 0 Å². The molecule has 146 valence electrons. The van der Waals surface area contributed by atoms with Crippen LogP contribution in [0.25, 0.3) is 11.1 Å². The Morgan fingerprint density at radius 3 is 2.63 bits per heavy atom. The van der Waals surface area contributed by atoms with Crippen molar-refractivity contribution >= 4 is 11.6 Å². The normalized spacial score (nSPS) is 12.3. The summed E-state index contributed by atoms with van der Waals surface area (Å²) in [4.78, 5) is 16.8. The predicted octanol–water partition coefficient (Wildman–Crippen LogP) is 3.66. The van der Waals surface area contributed by atoms with Crippen molar-refractivity contribution in [3.63, 3.8) is 0 Å². The number of halogens is 3. The van der Waals surface area contributed by atoms with Gasteiger partial charge in [-0.1, -0.05) is 19.1 Å². The largest absolute Gasteiger partial charge is 0.390 e. The van der Waals surface area contributed by atoms with Crippen molar-refractivity contribution in [3.8, 4) is 11.1 Å². The Morgan fingerprint density at radius 1 is 1.30 bits per heavy atom. The summed E-state index contributed by atoms with van der Waals surface area (Å²) >= 11 is 0. The van der Waals surface area contributed by atoms with Gasteiger partial charge in [-0.15, -0.1) is 0 Å². The first-order valence-corrected chi connectivity index (χ1v) is 8.70. The van der Waals surface area contributed by atoms with Crippen molar-refractivity contribution in [1.82, 2.24) is 15.1 Å². The highest BCUT2D eigenvalue weighted by molar-refractivity contribution is 6.45. The molecule has 0 saturated heterocycles. The van der Waals surface area contributed by atoms with Gasteiger partial charge < -0.3 is 5.32 Å². The van der Waals surface area contributed by atoms with Crippen LogP contribution in [-0.4, -0.2) is 40.7 Å². The van der Waals surface area contributed by atoms with E-state index in [4.69, 9.17) is 0 Å². The fourth-order valence-electron chi connectivity index (χ4n) is 2.53. The molecule has 0 atom stereocenters. The molecule has 0 fully saturated rings. The number of amides is 1. The van der Waals surface area contributed by atoms with Crippen molar-refractivity contribution < 1.29 is 18.0 Å². The van der Waals surface area contributed by atoms with Crippen LogP contribution in [-0.2, 0) is 11.8 Å². The maximum atomic E-state index is 12.5. The monoisotopic (exact) mass is 380 g/mol. The molecule has 1 aromatic heterocycles. The second-order valence-corrected chi connectivity index (χ2v) is 6.28. The molecule has 1 amide bonds. The summed E-state index contributed by atoms with van der Waals surface area (Å²) in [6, 6.07) is 5.60. The lowest BCUT2D eigenvalue weighted by Crippen LogP contribution is -2.34. The van der Waals surface area contributed by atoms with Gasteiger partial charge in [-0.25, -0.2) is 0 Å². The summed E-state index contributed by atoms with van der Waals surface area (Å²) < 4.78 is 38.7. The molecule has 1 aromatic carbocycles. The average molecular weight is 380 g/mol. The van der Waals surface area contributed by atoms with Crippen molar-refractivity contribution in [2.24, 2.45) is 12.0 Å². The van der Waals surface area contributed by atoms with Crippen molar-refractivity contribution in [2.75, 3.05) is 13.1 Å². The van der Waals surface area contributed by atoms with E-state index in [0.29, 0.717) is 12.1 Å². The van der Waals surface area contributed by atoms with E-state index in [-0.39, 0.29) is 5.71 Å². The minimum Gasteiger partial charge on any atom is -0.350 e. The summed E-state index contributed by atoms with van der Waals surface area (Å²) in [5.74, 6) is -0.598. The molecule has 2 rings (SSSR count). The molecule has 8 heteroatoms. The highest BCUT2D eigenvalue weighted by Crippen LogP contribution is 2.23. The maximum absolute atomic E-state index is 12.5. The molecule has 0 aliphatic heterocycles. The molecule has 0 saturated carbocycles. The zero-order valence-corrected chi connectivity index (χ0v) is 15.6. The van der Waals surface area contributed by atoms with Crippen LogP contribution in [0.3, 0.4) is 0 Å². The average Bonchev–Trinajstić information content (AvgIpc) is 3.02. The van der Waals surface area contributed by atoms with Crippen LogP contribution < -0.4 is 5.32 Å². The minimum absolute atomic E-state index is 0.155. The van der Waals surface area contributed by atoms with Gasteiger partial charge in [0.25, 0.3) is 5.91 Å². The first kappa shape index (κ1) is 20.7. The zero-order chi connectivity index (χ0) is 20.0. The number of hydrogen-bond donors (Lipinski definition) is 1. The van der Waals surface area contributed by atoms with Crippen LogP contribution in [0.4, 0.5) is 13.2 Å². The van der Waals surface area contributed by atoms with Gasteiger partial charge in [0.05, 0.1) is 12.6 Å². The quantitative estimate of drug-likeness (QED) is 0.745. The number of carbonyl (C=O) groups is 1. The number of rotatable bonds is 7. The molecule has 0 aliphatic carbocycles. The predicted molar refractivity (Wildman–Crippen MR) is 98.8 cm³/mol. The van der Waals surface area contributed by atoms with Crippen molar-refractivity contribution in [3.05, 3.63) is 41.7 Å². The van der Waals surface area contributed by atoms with Crippen LogP contribution in [0.1, 0.15) is 30.9 Å². The first-order valence-electron chi connectivity index (χ1n) is 8.70. The van der Waals surface area contributed by atoms with Gasteiger partial charge in [-0.05, 0) is 30.5 Å². The smallest absolute Gasteiger partial charge is 0.350 e. The lowest BCUT2D eigenvalue weighted by molar-refractivity contribution is -0.134. The fraction of sp³-hybridized carbons (Fsp3) is 0.421. The highest BCUT2D eigenvalue weighted by atomic mass is 19.4. The van der Waals surface area contributed by atoms with E-state index in [1.807, 2.05) is 38.2 Å². The Morgan fingerprint density at radius 2 is 2.04 bits per heavy atom. The van der Waals surface area contributed by atoms with E-state index in [9.17, 15) is 18.0 Å². The summed E-state index contributed by atoms with van der Waals surface area (Å²) in [5, 5.41) is 6.47. The number of nitrogens with one attached hydrogen (secondary N) is 1. The van der Waals surface area contributed by atoms with Crippen molar-refractivity contribution in [1.29, 1.82) is 0 Å². The van der Waals surface area contributed by atoms with Gasteiger partial charge in [-0.2, -0.15) is 18.3 Å². The van der Waals surface area contributed by atoms with E-state index in [2.05, 4.69) is 15.4 Å². The minimum atomic E-state index is -4.32. The second-order valence-electron chi connectivity index (χ2n) is 6.28. The number of alkyl halides is 3. The summed E-state index contributed by atoms with van der Waals surface area (Å²) in [5.41, 5.74) is 3.32. The summed E-state index contributed by atoms with van der Waals surface area (Å²) in [7, 11) is 1.81. The van der Waals surface area contributed by atoms with Crippen LogP contribution in [0, 0.1) is 6.92 Å². The van der Waals surface area contributed by atoms with Gasteiger partial charge in [0.2, 0.25) is 0 Å². The fourth-order valence-corrected chi connectivity index (χ4v) is 2.53. The van der Waals surface area contributed by atoms with Gasteiger partial charge >= 0.3 is 6.18 Å². The molecule has 1 heterocycles. The van der Waals surface area contributed by atoms with Crippen LogP contribution in [0.2, 0.25) is 0 Å². The number of hydrogen-bond acceptors (Lipinski definition) is 3. The molecule has 0 bridgehead atoms. The Hall–Kier alpha value is -2.64. The van der Waals surface area contributed by atoms with Gasteiger partial charge in [0.15, 0.2) is 0 Å². The van der Waals surface area contributed by atoms with E-state index in [1.165, 1.54) is 0 Å². The first-order chi connectivity index (χ1) is 12.7. The molecule has 0 spiro atoms. The lowest BCUT2D eigenvalue weighted by atomic mass is 9.98. The van der Waals surface area contributed by atoms with E-state index in [1.54, 1.807) is 17.9 Å². The highest BCUT2D eigenvalue weighted by Gasteiger charge is 2.27. The Labute approximate surface area is 156 Å². The number of aromatic nitrogens is 2. The third kappa shape index (κ3) is 5.94. The molecular weight excluding hydrogens is 357 g/mol. The number of aryl methyl sites for hydroxylation is 2. The maximum Gasteiger partial charge on any atom is 0.390 e. The summed E-state index contributed by atoms with van der Waals surface area (Å²) in [6.45, 7) is 3.70. The third-order valence-corrected chi connectivity index (χ3v) is 3.93. The van der Waals surface area contributed by atoms with E-state index >= 15 is 0 Å². The second kappa shape index (κ2) is 8.83. The molecule has 2 aromatic rings. The number of aliphatic imine (C=N–C) groups is 1. The number of benzene rings is 1. The molecule has 27 heavy (non-hydrogen) atoms. The van der Waals surface area contributed by atoms with Gasteiger partial charge in [-0.3, -0.25) is 14.5 Å². The molecule has 1 N–H and O–H groups in total.